The SMILES string of the molecule is CCCCCCCC/C=C\CCCCCCCC(=O)OC[C@H](COP(=O)(O)OCCN)OC(=O)CCC/C=C\C/C=C\C/C=C\C/C=C\[C@H](O)CCCC. The van der Waals surface area contributed by atoms with E-state index < -0.39 is 32.5 Å². The number of allylic oxidation sites excluding steroid dienone is 9. The Kier molecular flexibility index (Phi) is 37.2. The van der Waals surface area contributed by atoms with Gasteiger partial charge >= 0.3 is 19.8 Å². The highest BCUT2D eigenvalue weighted by Gasteiger charge is 2.25. The van der Waals surface area contributed by atoms with E-state index in [4.69, 9.17) is 24.3 Å². The Hall–Kier alpha value is -2.33. The summed E-state index contributed by atoms with van der Waals surface area (Å²) in [6.07, 6.45) is 41.6. The molecule has 0 saturated carbocycles. The van der Waals surface area contributed by atoms with E-state index in [-0.39, 0.29) is 38.7 Å². The number of nitrogens with two attached hydrogens (primary N) is 1. The van der Waals surface area contributed by atoms with E-state index >= 15 is 0 Å². The van der Waals surface area contributed by atoms with E-state index in [1.165, 1.54) is 44.9 Å². The summed E-state index contributed by atoms with van der Waals surface area (Å²) < 4.78 is 32.6. The number of carbonyl (C=O) groups excluding carboxylic acids is 2. The lowest BCUT2D eigenvalue weighted by Crippen LogP contribution is -2.29. The van der Waals surface area contributed by atoms with Gasteiger partial charge in [-0.15, -0.1) is 0 Å². The first kappa shape index (κ1) is 51.7. The molecule has 0 radical (unpaired) electrons. The third-order valence-corrected chi connectivity index (χ3v) is 9.43. The topological polar surface area (TPSA) is 155 Å². The molecule has 0 spiro atoms. The number of hydrogen-bond acceptors (Lipinski definition) is 9. The lowest BCUT2D eigenvalue weighted by atomic mass is 10.1. The molecule has 0 aliphatic heterocycles. The zero-order valence-electron chi connectivity index (χ0n) is 33.8. The van der Waals surface area contributed by atoms with Gasteiger partial charge < -0.3 is 25.2 Å². The molecule has 0 aliphatic carbocycles. The smallest absolute Gasteiger partial charge is 0.462 e. The number of aliphatic hydroxyl groups is 1. The molecule has 0 saturated heterocycles. The van der Waals surface area contributed by atoms with Crippen LogP contribution in [-0.2, 0) is 32.7 Å². The van der Waals surface area contributed by atoms with Crippen LogP contribution in [-0.4, -0.2) is 60.5 Å². The van der Waals surface area contributed by atoms with Gasteiger partial charge in [0.25, 0.3) is 0 Å². The summed E-state index contributed by atoms with van der Waals surface area (Å²) in [7, 11) is -4.40. The summed E-state index contributed by atoms with van der Waals surface area (Å²) in [4.78, 5) is 34.8. The molecule has 312 valence electrons. The lowest BCUT2D eigenvalue weighted by molar-refractivity contribution is -0.161. The number of aliphatic hydroxyl groups excluding tert-OH is 1. The predicted molar refractivity (Wildman–Crippen MR) is 221 cm³/mol. The van der Waals surface area contributed by atoms with Crippen LogP contribution < -0.4 is 5.73 Å². The molecule has 0 aromatic heterocycles. The van der Waals surface area contributed by atoms with Crippen molar-refractivity contribution in [1.82, 2.24) is 0 Å². The number of phosphoric acid groups is 1. The minimum absolute atomic E-state index is 0.0345. The molecule has 1 unspecified atom stereocenters. The second kappa shape index (κ2) is 38.9. The molecular formula is C43H76NO9P. The molecule has 0 heterocycles. The maximum atomic E-state index is 12.5. The maximum absolute atomic E-state index is 12.5. The fourth-order valence-electron chi connectivity index (χ4n) is 5.29. The van der Waals surface area contributed by atoms with Gasteiger partial charge in [-0.2, -0.15) is 0 Å². The van der Waals surface area contributed by atoms with Crippen LogP contribution in [0.5, 0.6) is 0 Å². The van der Waals surface area contributed by atoms with Gasteiger partial charge in [0, 0.05) is 19.4 Å². The van der Waals surface area contributed by atoms with Crippen molar-refractivity contribution in [1.29, 1.82) is 0 Å². The van der Waals surface area contributed by atoms with Crippen LogP contribution in [0.2, 0.25) is 0 Å². The fourth-order valence-corrected chi connectivity index (χ4v) is 6.05. The van der Waals surface area contributed by atoms with Crippen molar-refractivity contribution in [3.63, 3.8) is 0 Å². The largest absolute Gasteiger partial charge is 0.472 e. The predicted octanol–water partition coefficient (Wildman–Crippen LogP) is 10.7. The molecule has 4 N–H and O–H groups in total. The zero-order chi connectivity index (χ0) is 39.8. The van der Waals surface area contributed by atoms with Crippen molar-refractivity contribution < 1.29 is 42.7 Å². The lowest BCUT2D eigenvalue weighted by Gasteiger charge is -2.19. The maximum Gasteiger partial charge on any atom is 0.472 e. The van der Waals surface area contributed by atoms with Gasteiger partial charge in [0.15, 0.2) is 6.10 Å². The first-order valence-electron chi connectivity index (χ1n) is 20.9. The Bertz CT molecular complexity index is 1090. The van der Waals surface area contributed by atoms with Crippen LogP contribution in [0, 0.1) is 0 Å². The molecule has 0 fully saturated rings. The van der Waals surface area contributed by atoms with Crippen molar-refractivity contribution >= 4 is 19.8 Å². The Labute approximate surface area is 328 Å². The van der Waals surface area contributed by atoms with Gasteiger partial charge in [0.2, 0.25) is 0 Å². The Morgan fingerprint density at radius 1 is 0.630 bits per heavy atom. The molecule has 0 aromatic carbocycles. The van der Waals surface area contributed by atoms with Crippen molar-refractivity contribution in [2.75, 3.05) is 26.4 Å². The number of esters is 2. The summed E-state index contributed by atoms with van der Waals surface area (Å²) in [6.45, 7) is 3.47. The Morgan fingerprint density at radius 3 is 1.78 bits per heavy atom. The van der Waals surface area contributed by atoms with Crippen molar-refractivity contribution in [2.24, 2.45) is 5.73 Å². The number of ether oxygens (including phenoxy) is 2. The van der Waals surface area contributed by atoms with Gasteiger partial charge in [-0.1, -0.05) is 139 Å². The van der Waals surface area contributed by atoms with Gasteiger partial charge in [-0.3, -0.25) is 18.6 Å². The van der Waals surface area contributed by atoms with E-state index in [0.29, 0.717) is 19.3 Å². The van der Waals surface area contributed by atoms with Crippen LogP contribution in [0.25, 0.3) is 0 Å². The highest BCUT2D eigenvalue weighted by Crippen LogP contribution is 2.43. The van der Waals surface area contributed by atoms with Crippen LogP contribution in [0.15, 0.2) is 60.8 Å². The van der Waals surface area contributed by atoms with Crippen molar-refractivity contribution in [3.05, 3.63) is 60.8 Å². The molecular weight excluding hydrogens is 705 g/mol. The van der Waals surface area contributed by atoms with Gasteiger partial charge in [0.1, 0.15) is 6.61 Å². The zero-order valence-corrected chi connectivity index (χ0v) is 34.7. The monoisotopic (exact) mass is 782 g/mol. The minimum Gasteiger partial charge on any atom is -0.462 e. The summed E-state index contributed by atoms with van der Waals surface area (Å²) in [5, 5.41) is 9.80. The highest BCUT2D eigenvalue weighted by atomic mass is 31.2. The normalized spacial score (nSPS) is 14.5. The second-order valence-corrected chi connectivity index (χ2v) is 15.1. The molecule has 0 amide bonds. The van der Waals surface area contributed by atoms with Crippen LogP contribution in [0.4, 0.5) is 0 Å². The number of phosphoric ester groups is 1. The minimum atomic E-state index is -4.40. The molecule has 0 bridgehead atoms. The molecule has 0 aromatic rings. The van der Waals surface area contributed by atoms with E-state index in [1.807, 2.05) is 24.3 Å². The second-order valence-electron chi connectivity index (χ2n) is 13.7. The van der Waals surface area contributed by atoms with E-state index in [9.17, 15) is 24.2 Å². The highest BCUT2D eigenvalue weighted by molar-refractivity contribution is 7.47. The average molecular weight is 782 g/mol. The van der Waals surface area contributed by atoms with Crippen LogP contribution >= 0.6 is 7.82 Å². The summed E-state index contributed by atoms with van der Waals surface area (Å²) in [5.74, 6) is -0.931. The van der Waals surface area contributed by atoms with Gasteiger partial charge in [0.05, 0.1) is 19.3 Å². The van der Waals surface area contributed by atoms with Crippen molar-refractivity contribution in [2.45, 2.75) is 174 Å². The number of rotatable bonds is 38. The molecule has 10 nitrogen and oxygen atoms in total. The summed E-state index contributed by atoms with van der Waals surface area (Å²) >= 11 is 0. The molecule has 3 atom stereocenters. The molecule has 54 heavy (non-hydrogen) atoms. The van der Waals surface area contributed by atoms with Gasteiger partial charge in [-0.05, 0) is 70.6 Å². The number of carbonyl (C=O) groups is 2. The fraction of sp³-hybridized carbons (Fsp3) is 0.721. The molecule has 0 aliphatic rings. The van der Waals surface area contributed by atoms with E-state index in [2.05, 4.69) is 50.3 Å². The third-order valence-electron chi connectivity index (χ3n) is 8.45. The van der Waals surface area contributed by atoms with Crippen LogP contribution in [0.3, 0.4) is 0 Å². The first-order chi connectivity index (χ1) is 26.2. The quantitative estimate of drug-likeness (QED) is 0.0239. The number of unbranched alkanes of at least 4 members (excludes halogenated alkanes) is 13. The third kappa shape index (κ3) is 38.0. The molecule has 11 heteroatoms. The molecule has 0 rings (SSSR count). The Morgan fingerprint density at radius 2 is 1.15 bits per heavy atom. The van der Waals surface area contributed by atoms with Crippen molar-refractivity contribution in [3.8, 4) is 0 Å². The van der Waals surface area contributed by atoms with Crippen LogP contribution in [0.1, 0.15) is 162 Å². The Balaban J connectivity index is 4.33. The number of hydrogen-bond donors (Lipinski definition) is 3. The van der Waals surface area contributed by atoms with E-state index in [0.717, 1.165) is 70.6 Å². The van der Waals surface area contributed by atoms with E-state index in [1.54, 1.807) is 0 Å². The van der Waals surface area contributed by atoms with Gasteiger partial charge in [-0.25, -0.2) is 4.57 Å². The standard InChI is InChI=1S/C43H76NO9P/c1-3-5-7-8-9-10-11-12-13-14-18-21-24-27-30-34-42(46)50-38-41(39-52-54(48,49)51-37-36-44)53-43(47)35-31-28-25-22-19-16-15-17-20-23-26-29-33-40(45)32-6-4-2/h12-13,15-16,20,22-23,25,29,33,40-41,45H,3-11,14,17-19,21,24,26-28,30-32,34-39,44H2,1-2H3,(H,48,49)/b13-12-,16-15-,23-20-,25-22-,33-29-/t40-,41-/m1/s1. The first-order valence-corrected chi connectivity index (χ1v) is 22.3. The summed E-state index contributed by atoms with van der Waals surface area (Å²) in [5.41, 5.74) is 5.33. The summed E-state index contributed by atoms with van der Waals surface area (Å²) in [6, 6.07) is 0. The average Bonchev–Trinajstić information content (AvgIpc) is 3.15.